The Labute approximate surface area is 352 Å². The number of ether oxygens (including phenoxy) is 4. The molecule has 2 aromatic rings. The van der Waals surface area contributed by atoms with Gasteiger partial charge in [-0.1, -0.05) is 25.5 Å². The number of aliphatic hydroxyl groups excluding tert-OH is 1. The minimum Gasteiger partial charge on any atom is -0.492 e. The molecule has 4 unspecified atom stereocenters. The molecule has 15 nitrogen and oxygen atoms in total. The fraction of sp³-hybridized carbons (Fsp3) is 0.600. The van der Waals surface area contributed by atoms with Crippen LogP contribution in [0.1, 0.15) is 95.0 Å². The second-order valence-electron chi connectivity index (χ2n) is 18.2. The van der Waals surface area contributed by atoms with Crippen LogP contribution in [0.2, 0.25) is 0 Å². The van der Waals surface area contributed by atoms with Crippen molar-refractivity contribution >= 4 is 46.1 Å². The van der Waals surface area contributed by atoms with E-state index < -0.39 is 83.7 Å². The zero-order valence-electron chi connectivity index (χ0n) is 35.0. The Kier molecular flexibility index (Phi) is 11.3. The molecule has 328 valence electrons. The van der Waals surface area contributed by atoms with Crippen molar-refractivity contribution in [1.29, 1.82) is 0 Å². The number of halogens is 1. The lowest BCUT2D eigenvalue weighted by molar-refractivity contribution is -0.181. The predicted molar refractivity (Wildman–Crippen MR) is 217 cm³/mol. The van der Waals surface area contributed by atoms with Crippen molar-refractivity contribution in [3.05, 3.63) is 57.7 Å². The number of fused-ring (bicyclic) bond motifs is 6. The van der Waals surface area contributed by atoms with Gasteiger partial charge in [0.1, 0.15) is 16.9 Å². The van der Waals surface area contributed by atoms with Gasteiger partial charge in [-0.05, 0) is 81.9 Å². The average molecular weight is 848 g/mol. The first-order valence-electron chi connectivity index (χ1n) is 21.3. The Hall–Kier alpha value is -4.93. The molecule has 0 radical (unpaired) electrons. The van der Waals surface area contributed by atoms with Gasteiger partial charge in [0.05, 0.1) is 37.0 Å². The van der Waals surface area contributed by atoms with E-state index in [0.717, 1.165) is 30.9 Å². The third-order valence-corrected chi connectivity index (χ3v) is 14.7. The zero-order valence-corrected chi connectivity index (χ0v) is 35.0. The largest absolute Gasteiger partial charge is 0.492 e. The number of hydrogen-bond donors (Lipinski definition) is 3. The summed E-state index contributed by atoms with van der Waals surface area (Å²) in [6.45, 7) is 5.97. The van der Waals surface area contributed by atoms with Crippen molar-refractivity contribution < 1.29 is 57.5 Å². The van der Waals surface area contributed by atoms with Gasteiger partial charge in [-0.2, -0.15) is 0 Å². The molecule has 1 aromatic carbocycles. The first-order valence-corrected chi connectivity index (χ1v) is 21.3. The lowest BCUT2D eigenvalue weighted by Gasteiger charge is -2.59. The summed E-state index contributed by atoms with van der Waals surface area (Å²) < 4.78 is 38.6. The summed E-state index contributed by atoms with van der Waals surface area (Å²) in [7, 11) is 1.41. The molecular weight excluding hydrogens is 794 g/mol. The number of Topliss-reactive ketones (excluding diaryl/α,β-unsaturated/α-hetero) is 1. The average Bonchev–Trinajstić information content (AvgIpc) is 4.03. The SMILES string of the molecule is COc1c(N2CCNC(C)C2)c(F)cc2c(=O)c(C(=O)OCOC(=O)CCC(=O)OCC(=O)[C@@]3(O)CCC4C5CCC6=CC(=O)C=C[C@]6(C)C5[C@@H](O)C[C@@]43C)cn(C3CC3)c12. The Morgan fingerprint density at radius 3 is 2.48 bits per heavy atom. The molecule has 5 fully saturated rings. The number of pyridine rings is 1. The maximum absolute atomic E-state index is 15.8. The lowest BCUT2D eigenvalue weighted by atomic mass is 9.46. The molecule has 61 heavy (non-hydrogen) atoms. The van der Waals surface area contributed by atoms with Gasteiger partial charge >= 0.3 is 17.9 Å². The number of allylic oxidation sites excluding steroid dienone is 4. The van der Waals surface area contributed by atoms with Gasteiger partial charge in [0, 0.05) is 54.7 Å². The number of methoxy groups -OCH3 is 1. The topological polar surface area (TPSA) is 200 Å². The molecule has 2 heterocycles. The predicted octanol–water partition coefficient (Wildman–Crippen LogP) is 3.84. The number of ketones is 2. The van der Waals surface area contributed by atoms with Crippen LogP contribution in [-0.4, -0.2) is 102 Å². The molecule has 1 aliphatic heterocycles. The zero-order chi connectivity index (χ0) is 43.6. The number of benzene rings is 1. The van der Waals surface area contributed by atoms with E-state index in [1.165, 1.54) is 13.3 Å². The Morgan fingerprint density at radius 1 is 1.03 bits per heavy atom. The molecule has 0 bridgehead atoms. The van der Waals surface area contributed by atoms with E-state index in [-0.39, 0.29) is 70.8 Å². The van der Waals surface area contributed by atoms with E-state index in [0.29, 0.717) is 38.0 Å². The monoisotopic (exact) mass is 847 g/mol. The third-order valence-electron chi connectivity index (χ3n) is 14.7. The molecule has 6 aliphatic rings. The fourth-order valence-corrected chi connectivity index (χ4v) is 11.5. The van der Waals surface area contributed by atoms with Crippen LogP contribution in [0.15, 0.2) is 40.9 Å². The minimum absolute atomic E-state index is 0.00583. The van der Waals surface area contributed by atoms with E-state index in [1.807, 2.05) is 31.7 Å². The number of aromatic nitrogens is 1. The summed E-state index contributed by atoms with van der Waals surface area (Å²) >= 11 is 0. The number of hydrogen-bond acceptors (Lipinski definition) is 14. The molecular formula is C45H54FN3O12. The molecule has 8 atom stereocenters. The molecule has 0 spiro atoms. The highest BCUT2D eigenvalue weighted by Gasteiger charge is 2.68. The van der Waals surface area contributed by atoms with Crippen LogP contribution >= 0.6 is 0 Å². The normalized spacial score (nSPS) is 31.7. The van der Waals surface area contributed by atoms with Crippen LogP contribution in [0.5, 0.6) is 5.75 Å². The van der Waals surface area contributed by atoms with E-state index >= 15 is 4.39 Å². The van der Waals surface area contributed by atoms with Crippen molar-refractivity contribution in [2.75, 3.05) is 45.0 Å². The molecule has 8 rings (SSSR count). The highest BCUT2D eigenvalue weighted by Crippen LogP contribution is 2.67. The first-order chi connectivity index (χ1) is 29.0. The molecule has 1 aromatic heterocycles. The second kappa shape index (κ2) is 16.1. The van der Waals surface area contributed by atoms with Gasteiger partial charge in [0.2, 0.25) is 18.0 Å². The van der Waals surface area contributed by atoms with E-state index in [9.17, 15) is 39.0 Å². The summed E-state index contributed by atoms with van der Waals surface area (Å²) in [5, 5.41) is 26.8. The molecule has 0 amide bonds. The van der Waals surface area contributed by atoms with Crippen molar-refractivity contribution in [2.24, 2.45) is 28.6 Å². The highest BCUT2D eigenvalue weighted by molar-refractivity contribution is 6.01. The first kappa shape index (κ1) is 42.7. The summed E-state index contributed by atoms with van der Waals surface area (Å²) in [6.07, 6.45) is 8.51. The molecule has 5 aliphatic carbocycles. The number of nitrogens with one attached hydrogen (secondary N) is 1. The number of anilines is 1. The number of piperazine rings is 1. The van der Waals surface area contributed by atoms with E-state index in [4.69, 9.17) is 18.9 Å². The van der Waals surface area contributed by atoms with Crippen molar-refractivity contribution in [2.45, 2.75) is 102 Å². The Balaban J connectivity index is 0.846. The van der Waals surface area contributed by atoms with E-state index in [2.05, 4.69) is 5.32 Å². The maximum Gasteiger partial charge on any atom is 0.346 e. The minimum atomic E-state index is -1.85. The summed E-state index contributed by atoms with van der Waals surface area (Å²) in [4.78, 5) is 79.6. The van der Waals surface area contributed by atoms with Gasteiger partial charge in [-0.15, -0.1) is 0 Å². The second-order valence-corrected chi connectivity index (χ2v) is 18.2. The maximum atomic E-state index is 15.8. The Bertz CT molecular complexity index is 2300. The van der Waals surface area contributed by atoms with Crippen LogP contribution < -0.4 is 20.4 Å². The van der Waals surface area contributed by atoms with Gasteiger partial charge in [-0.25, -0.2) is 9.18 Å². The van der Waals surface area contributed by atoms with Crippen LogP contribution in [-0.2, 0) is 33.4 Å². The van der Waals surface area contributed by atoms with Crippen molar-refractivity contribution in [3.63, 3.8) is 0 Å². The number of aliphatic hydroxyl groups is 2. The number of carbonyl (C=O) groups excluding carboxylic acids is 5. The summed E-state index contributed by atoms with van der Waals surface area (Å²) in [5.41, 5.74) is -2.85. The Morgan fingerprint density at radius 2 is 1.77 bits per heavy atom. The molecule has 3 N–H and O–H groups in total. The van der Waals surface area contributed by atoms with Gasteiger partial charge in [0.25, 0.3) is 0 Å². The molecule has 1 saturated heterocycles. The van der Waals surface area contributed by atoms with Crippen LogP contribution in [0.25, 0.3) is 10.9 Å². The van der Waals surface area contributed by atoms with Crippen LogP contribution in [0, 0.1) is 34.4 Å². The summed E-state index contributed by atoms with van der Waals surface area (Å²) in [6, 6.07) is 1.17. The van der Waals surface area contributed by atoms with E-state index in [1.54, 1.807) is 16.7 Å². The van der Waals surface area contributed by atoms with Gasteiger partial charge < -0.3 is 43.9 Å². The highest BCUT2D eigenvalue weighted by atomic mass is 19.1. The standard InChI is InChI=1S/C45H54FN3O12/c1-24-20-48(16-15-47-24)39-32(46)18-29-38(41(39)58-4)49(26-6-7-26)21-30(40(29)55)42(56)61-23-60-36(54)10-9-35(53)59-22-34(52)45(57)14-12-31-28-8-5-25-17-27(50)11-13-43(25,2)37(28)33(51)19-44(31,45)3/h11,13,17-18,21,24,26,28,31,33,37,47,51,57H,5-10,12,14-16,19-20,22-23H2,1-4H3/t24?,28?,31?,33-,37?,43-,44-,45-/m0/s1. The number of rotatable bonds is 12. The van der Waals surface area contributed by atoms with Crippen molar-refractivity contribution in [3.8, 4) is 5.75 Å². The summed E-state index contributed by atoms with van der Waals surface area (Å²) in [5.74, 6) is -4.35. The fourth-order valence-electron chi connectivity index (χ4n) is 11.5. The lowest BCUT2D eigenvalue weighted by Crippen LogP contribution is -2.61. The van der Waals surface area contributed by atoms with Crippen LogP contribution in [0.4, 0.5) is 10.1 Å². The van der Waals surface area contributed by atoms with Gasteiger partial charge in [0.15, 0.2) is 24.0 Å². The smallest absolute Gasteiger partial charge is 0.346 e. The van der Waals surface area contributed by atoms with Gasteiger partial charge in [-0.3, -0.25) is 24.0 Å². The number of carbonyl (C=O) groups is 5. The van der Waals surface area contributed by atoms with Crippen LogP contribution in [0.3, 0.4) is 0 Å². The number of esters is 3. The molecule has 4 saturated carbocycles. The quantitative estimate of drug-likeness (QED) is 0.206. The number of nitrogens with zero attached hydrogens (tertiary/aromatic N) is 2. The van der Waals surface area contributed by atoms with Crippen molar-refractivity contribution in [1.82, 2.24) is 9.88 Å². The molecule has 16 heteroatoms. The third kappa shape index (κ3) is 7.37.